The maximum absolute atomic E-state index is 12.3. The molecule has 0 aromatic carbocycles. The molecule has 3 heterocycles. The van der Waals surface area contributed by atoms with Gasteiger partial charge in [-0.15, -0.1) is 0 Å². The summed E-state index contributed by atoms with van der Waals surface area (Å²) in [5.74, 6) is -0.0754. The van der Waals surface area contributed by atoms with Gasteiger partial charge in [0.25, 0.3) is 5.56 Å². The first kappa shape index (κ1) is 30.5. The molecule has 10 heteroatoms. The van der Waals surface area contributed by atoms with Gasteiger partial charge in [-0.2, -0.15) is 4.98 Å². The second kappa shape index (κ2) is 15.5. The van der Waals surface area contributed by atoms with Crippen LogP contribution in [0, 0.1) is 0 Å². The van der Waals surface area contributed by atoms with Crippen LogP contribution in [-0.2, 0) is 10.5 Å². The molecule has 4 atom stereocenters. The number of aromatic amines is 1. The van der Waals surface area contributed by atoms with Crippen molar-refractivity contribution < 1.29 is 20.1 Å². The van der Waals surface area contributed by atoms with Crippen LogP contribution >= 0.6 is 0 Å². The van der Waals surface area contributed by atoms with E-state index in [1.807, 2.05) is 0 Å². The topological polar surface area (TPSA) is 160 Å². The van der Waals surface area contributed by atoms with E-state index in [0.29, 0.717) is 6.42 Å². The Hall–Kier alpha value is -2.01. The van der Waals surface area contributed by atoms with E-state index in [9.17, 15) is 20.1 Å². The Morgan fingerprint density at radius 3 is 1.97 bits per heavy atom. The van der Waals surface area contributed by atoms with Gasteiger partial charge in [0.2, 0.25) is 5.95 Å². The van der Waals surface area contributed by atoms with Crippen LogP contribution in [0.25, 0.3) is 11.2 Å². The molecule has 2 aromatic rings. The van der Waals surface area contributed by atoms with Gasteiger partial charge in [-0.3, -0.25) is 14.3 Å². The third-order valence-corrected chi connectivity index (χ3v) is 7.92. The number of aromatic nitrogens is 4. The number of fused-ring (bicyclic) bond motifs is 1. The van der Waals surface area contributed by atoms with E-state index in [2.05, 4.69) is 21.9 Å². The van der Waals surface area contributed by atoms with Crippen molar-refractivity contribution in [2.24, 2.45) is 0 Å². The van der Waals surface area contributed by atoms with Crippen molar-refractivity contribution in [1.29, 1.82) is 0 Å². The number of nitrogens with zero attached hydrogens (tertiary/aromatic N) is 3. The van der Waals surface area contributed by atoms with Crippen molar-refractivity contribution in [2.75, 3.05) is 12.3 Å². The molecule has 1 fully saturated rings. The second-order valence-electron chi connectivity index (χ2n) is 10.9. The van der Waals surface area contributed by atoms with Crippen LogP contribution in [0.5, 0.6) is 0 Å². The number of nitrogen functional groups attached to an aromatic ring is 1. The minimum atomic E-state index is -1.40. The Morgan fingerprint density at radius 1 is 0.947 bits per heavy atom. The molecule has 0 aliphatic carbocycles. The fourth-order valence-electron chi connectivity index (χ4n) is 5.67. The number of ether oxygens (including phenoxy) is 1. The third-order valence-electron chi connectivity index (χ3n) is 7.92. The quantitative estimate of drug-likeness (QED) is 0.168. The molecule has 1 aliphatic rings. The largest absolute Gasteiger partial charge is 0.394 e. The number of rotatable bonds is 19. The average molecular weight is 536 g/mol. The van der Waals surface area contributed by atoms with Crippen molar-refractivity contribution >= 4 is 17.1 Å². The van der Waals surface area contributed by atoms with Gasteiger partial charge in [-0.25, -0.2) is 4.98 Å². The molecular formula is C28H49N5O5. The number of H-pyrrole nitrogens is 1. The van der Waals surface area contributed by atoms with Gasteiger partial charge in [-0.05, 0) is 12.8 Å². The van der Waals surface area contributed by atoms with Crippen LogP contribution in [0.1, 0.15) is 116 Å². The fraction of sp³-hybridized carbons (Fsp3) is 0.821. The van der Waals surface area contributed by atoms with Gasteiger partial charge in [-0.1, -0.05) is 103 Å². The zero-order valence-corrected chi connectivity index (χ0v) is 23.1. The lowest BCUT2D eigenvalue weighted by Gasteiger charge is -2.34. The molecule has 0 amide bonds. The molecule has 0 saturated carbocycles. The predicted octanol–water partition coefficient (Wildman–Crippen LogP) is 4.12. The molecule has 0 radical (unpaired) electrons. The lowest BCUT2D eigenvalue weighted by atomic mass is 9.95. The number of hydrogen-bond donors (Lipinski definition) is 5. The molecule has 0 spiro atoms. The van der Waals surface area contributed by atoms with E-state index in [0.717, 1.165) is 25.7 Å². The smallest absolute Gasteiger partial charge is 0.280 e. The third kappa shape index (κ3) is 7.77. The molecule has 10 nitrogen and oxygen atoms in total. The summed E-state index contributed by atoms with van der Waals surface area (Å²) in [5.41, 5.74) is 4.11. The Bertz CT molecular complexity index is 1010. The van der Waals surface area contributed by atoms with Gasteiger partial charge in [0, 0.05) is 0 Å². The number of nitrogens with two attached hydrogens (primary N) is 1. The number of hydrogen-bond acceptors (Lipinski definition) is 8. The fourth-order valence-corrected chi connectivity index (χ4v) is 5.67. The van der Waals surface area contributed by atoms with E-state index in [4.69, 9.17) is 10.5 Å². The van der Waals surface area contributed by atoms with Crippen molar-refractivity contribution in [3.05, 3.63) is 16.7 Å². The number of nitrogens with one attached hydrogen (secondary N) is 1. The number of aliphatic hydroxyl groups is 3. The Morgan fingerprint density at radius 2 is 1.47 bits per heavy atom. The molecule has 1 aliphatic heterocycles. The highest BCUT2D eigenvalue weighted by Crippen LogP contribution is 2.41. The van der Waals surface area contributed by atoms with E-state index < -0.39 is 36.2 Å². The van der Waals surface area contributed by atoms with Crippen molar-refractivity contribution in [3.63, 3.8) is 0 Å². The van der Waals surface area contributed by atoms with Crippen LogP contribution in [0.15, 0.2) is 11.1 Å². The number of unbranched alkanes of at least 4 members (excludes halogenated alkanes) is 15. The van der Waals surface area contributed by atoms with E-state index >= 15 is 0 Å². The van der Waals surface area contributed by atoms with Crippen LogP contribution < -0.4 is 11.3 Å². The molecule has 2 aromatic heterocycles. The highest BCUT2D eigenvalue weighted by Gasteiger charge is 2.55. The summed E-state index contributed by atoms with van der Waals surface area (Å²) in [6.07, 6.45) is 18.2. The lowest BCUT2D eigenvalue weighted by Crippen LogP contribution is -2.45. The maximum Gasteiger partial charge on any atom is 0.280 e. The van der Waals surface area contributed by atoms with Crippen molar-refractivity contribution in [1.82, 2.24) is 19.5 Å². The lowest BCUT2D eigenvalue weighted by molar-refractivity contribution is -0.151. The average Bonchev–Trinajstić information content (AvgIpc) is 3.43. The number of anilines is 1. The minimum absolute atomic E-state index is 0.0725. The van der Waals surface area contributed by atoms with E-state index in [1.54, 1.807) is 0 Å². The second-order valence-corrected chi connectivity index (χ2v) is 10.9. The van der Waals surface area contributed by atoms with Gasteiger partial charge >= 0.3 is 0 Å². The van der Waals surface area contributed by atoms with E-state index in [-0.39, 0.29) is 17.1 Å². The Balaban J connectivity index is 1.41. The SMILES string of the molecule is CCCCCCCCCCCCCCCCCC[C@@]1(n2cnc3c(=O)[nH]c(N)nc32)O[C@H](CO)[C@@H](O)[C@H]1O. The zero-order chi connectivity index (χ0) is 27.4. The molecule has 38 heavy (non-hydrogen) atoms. The van der Waals surface area contributed by atoms with Crippen LogP contribution in [0.4, 0.5) is 5.95 Å². The van der Waals surface area contributed by atoms with E-state index in [1.165, 1.54) is 87.9 Å². The monoisotopic (exact) mass is 535 g/mol. The van der Waals surface area contributed by atoms with Gasteiger partial charge in [0.15, 0.2) is 16.9 Å². The summed E-state index contributed by atoms with van der Waals surface area (Å²) in [4.78, 5) is 23.0. The standard InChI is InChI=1S/C28H49N5O5/c1-2-3-4-5-6-7-8-9-10-11-12-13-14-15-16-17-18-28(24(36)23(35)21(19-34)38-28)33-20-30-22-25(33)31-27(29)32-26(22)37/h20-21,23-24,34-36H,2-19H2,1H3,(H3,29,31,32,37)/t21-,23-,24-,28-/m1/s1. The first-order valence-corrected chi connectivity index (χ1v) is 14.8. The Kier molecular flexibility index (Phi) is 12.5. The molecular weight excluding hydrogens is 486 g/mol. The van der Waals surface area contributed by atoms with Gasteiger partial charge in [0.05, 0.1) is 12.9 Å². The summed E-state index contributed by atoms with van der Waals surface area (Å²) in [5, 5.41) is 31.2. The summed E-state index contributed by atoms with van der Waals surface area (Å²) < 4.78 is 7.55. The van der Waals surface area contributed by atoms with Gasteiger partial charge < -0.3 is 25.8 Å². The van der Waals surface area contributed by atoms with Crippen LogP contribution in [0.2, 0.25) is 0 Å². The normalized spacial score (nSPS) is 23.5. The molecule has 0 unspecified atom stereocenters. The predicted molar refractivity (Wildman–Crippen MR) is 149 cm³/mol. The molecule has 1 saturated heterocycles. The summed E-state index contributed by atoms with van der Waals surface area (Å²) in [6.45, 7) is 1.82. The number of imidazole rings is 1. The highest BCUT2D eigenvalue weighted by atomic mass is 16.6. The highest BCUT2D eigenvalue weighted by molar-refractivity contribution is 5.70. The molecule has 3 rings (SSSR count). The van der Waals surface area contributed by atoms with Crippen LogP contribution in [0.3, 0.4) is 0 Å². The first-order chi connectivity index (χ1) is 18.4. The number of aliphatic hydroxyl groups excluding tert-OH is 3. The maximum atomic E-state index is 12.3. The molecule has 216 valence electrons. The van der Waals surface area contributed by atoms with Crippen molar-refractivity contribution in [3.8, 4) is 0 Å². The molecule has 6 N–H and O–H groups in total. The summed E-state index contributed by atoms with van der Waals surface area (Å²) >= 11 is 0. The van der Waals surface area contributed by atoms with Crippen LogP contribution in [-0.4, -0.2) is 59.8 Å². The first-order valence-electron chi connectivity index (χ1n) is 14.8. The van der Waals surface area contributed by atoms with Crippen molar-refractivity contribution in [2.45, 2.75) is 140 Å². The Labute approximate surface area is 226 Å². The summed E-state index contributed by atoms with van der Waals surface area (Å²) in [6, 6.07) is 0. The molecule has 0 bridgehead atoms. The van der Waals surface area contributed by atoms with Gasteiger partial charge in [0.1, 0.15) is 18.3 Å². The zero-order valence-electron chi connectivity index (χ0n) is 23.1. The minimum Gasteiger partial charge on any atom is -0.394 e. The summed E-state index contributed by atoms with van der Waals surface area (Å²) in [7, 11) is 0.